The molecule has 2 aromatic rings. The van der Waals surface area contributed by atoms with Gasteiger partial charge in [-0.3, -0.25) is 4.79 Å². The molecule has 1 amide bonds. The molecule has 0 spiro atoms. The van der Waals surface area contributed by atoms with E-state index >= 15 is 0 Å². The number of benzene rings is 2. The van der Waals surface area contributed by atoms with E-state index in [1.54, 1.807) is 21.0 Å². The number of aryl methyl sites for hydroxylation is 1. The van der Waals surface area contributed by atoms with E-state index in [0.29, 0.717) is 31.1 Å². The molecule has 0 saturated heterocycles. The molecule has 0 aliphatic carbocycles. The van der Waals surface area contributed by atoms with Gasteiger partial charge < -0.3 is 14.8 Å². The molecule has 0 heterocycles. The van der Waals surface area contributed by atoms with Gasteiger partial charge in [0, 0.05) is 11.6 Å². The van der Waals surface area contributed by atoms with Crippen LogP contribution in [-0.4, -0.2) is 46.4 Å². The number of halogens is 1. The van der Waals surface area contributed by atoms with Crippen LogP contribution in [0.5, 0.6) is 11.5 Å². The summed E-state index contributed by atoms with van der Waals surface area (Å²) in [6.45, 7) is 6.02. The maximum atomic E-state index is 12.6. The van der Waals surface area contributed by atoms with Crippen molar-refractivity contribution in [1.29, 1.82) is 0 Å². The van der Waals surface area contributed by atoms with E-state index < -0.39 is 16.1 Å². The van der Waals surface area contributed by atoms with Gasteiger partial charge in [-0.15, -0.1) is 0 Å². The second kappa shape index (κ2) is 13.6. The third-order valence-electron chi connectivity index (χ3n) is 5.37. The lowest BCUT2D eigenvalue weighted by Gasteiger charge is -2.21. The van der Waals surface area contributed by atoms with Crippen LogP contribution in [0.15, 0.2) is 42.5 Å². The van der Waals surface area contributed by atoms with Crippen LogP contribution in [0.4, 0.5) is 0 Å². The first-order valence-corrected chi connectivity index (χ1v) is 13.5. The summed E-state index contributed by atoms with van der Waals surface area (Å²) in [7, 11) is -1.90. The van der Waals surface area contributed by atoms with E-state index in [1.807, 2.05) is 42.5 Å². The number of methoxy groups -OCH3 is 1. The van der Waals surface area contributed by atoms with Crippen LogP contribution in [0.25, 0.3) is 0 Å². The number of nitrogens with one attached hydrogen (secondary N) is 2. The molecule has 0 aliphatic rings. The Morgan fingerprint density at radius 1 is 1.09 bits per heavy atom. The Balaban J connectivity index is 1.91. The lowest BCUT2D eigenvalue weighted by molar-refractivity contribution is -0.123. The van der Waals surface area contributed by atoms with Crippen LogP contribution in [0, 0.1) is 5.92 Å². The zero-order valence-electron chi connectivity index (χ0n) is 20.3. The van der Waals surface area contributed by atoms with E-state index in [2.05, 4.69) is 10.0 Å². The van der Waals surface area contributed by atoms with Crippen molar-refractivity contribution in [2.75, 3.05) is 26.0 Å². The summed E-state index contributed by atoms with van der Waals surface area (Å²) in [5.41, 5.74) is 2.10. The topological polar surface area (TPSA) is 93.7 Å². The average molecular weight is 511 g/mol. The second-order valence-electron chi connectivity index (χ2n) is 8.31. The standard InChI is InChI=1S/C25H35ClN2O5S/c1-5-34(30,31)28-23(18(2)3)25(29)27-16-15-20-9-6-10-22(24(20)32-4)33-17-7-8-19-11-13-21(26)14-12-19/h6,9-14,18,23,28H,5,7-8,15-17H2,1-4H3,(H,27,29). The Kier molecular flexibility index (Phi) is 11.1. The molecule has 2 N–H and O–H groups in total. The highest BCUT2D eigenvalue weighted by molar-refractivity contribution is 7.89. The van der Waals surface area contributed by atoms with Crippen molar-refractivity contribution in [3.63, 3.8) is 0 Å². The van der Waals surface area contributed by atoms with Crippen LogP contribution >= 0.6 is 11.6 Å². The van der Waals surface area contributed by atoms with Gasteiger partial charge in [0.05, 0.1) is 19.5 Å². The van der Waals surface area contributed by atoms with Crippen LogP contribution in [0.1, 0.15) is 38.3 Å². The first kappa shape index (κ1) is 28.0. The minimum Gasteiger partial charge on any atom is -0.493 e. The Hall–Kier alpha value is -2.29. The van der Waals surface area contributed by atoms with Gasteiger partial charge in [-0.25, -0.2) is 13.1 Å². The van der Waals surface area contributed by atoms with Crippen LogP contribution in [0.2, 0.25) is 5.02 Å². The van der Waals surface area contributed by atoms with Gasteiger partial charge in [0.25, 0.3) is 0 Å². The number of hydrogen-bond acceptors (Lipinski definition) is 5. The molecule has 0 aliphatic heterocycles. The normalized spacial score (nSPS) is 12.4. The van der Waals surface area contributed by atoms with Crippen LogP contribution < -0.4 is 19.5 Å². The third-order valence-corrected chi connectivity index (χ3v) is 7.00. The smallest absolute Gasteiger partial charge is 0.238 e. The van der Waals surface area contributed by atoms with Crippen molar-refractivity contribution in [2.24, 2.45) is 5.92 Å². The highest BCUT2D eigenvalue weighted by atomic mass is 35.5. The molecule has 1 atom stereocenters. The summed E-state index contributed by atoms with van der Waals surface area (Å²) in [6.07, 6.45) is 2.24. The molecule has 0 fully saturated rings. The predicted molar refractivity (Wildman–Crippen MR) is 136 cm³/mol. The maximum Gasteiger partial charge on any atom is 0.238 e. The fourth-order valence-electron chi connectivity index (χ4n) is 3.41. The van der Waals surface area contributed by atoms with Gasteiger partial charge >= 0.3 is 0 Å². The summed E-state index contributed by atoms with van der Waals surface area (Å²) >= 11 is 5.93. The Morgan fingerprint density at radius 2 is 1.79 bits per heavy atom. The van der Waals surface area contributed by atoms with Gasteiger partial charge in [0.15, 0.2) is 11.5 Å². The quantitative estimate of drug-likeness (QED) is 0.375. The molecule has 34 heavy (non-hydrogen) atoms. The maximum absolute atomic E-state index is 12.6. The molecule has 0 saturated carbocycles. The van der Waals surface area contributed by atoms with Gasteiger partial charge in [0.2, 0.25) is 15.9 Å². The number of carbonyl (C=O) groups is 1. The van der Waals surface area contributed by atoms with Crippen molar-refractivity contribution in [3.8, 4) is 11.5 Å². The van der Waals surface area contributed by atoms with Gasteiger partial charge in [0.1, 0.15) is 6.04 Å². The van der Waals surface area contributed by atoms with Crippen molar-refractivity contribution in [3.05, 3.63) is 58.6 Å². The largest absolute Gasteiger partial charge is 0.493 e. The number of sulfonamides is 1. The second-order valence-corrected chi connectivity index (χ2v) is 10.8. The lowest BCUT2D eigenvalue weighted by Crippen LogP contribution is -2.50. The van der Waals surface area contributed by atoms with Gasteiger partial charge in [-0.1, -0.05) is 49.7 Å². The minimum atomic E-state index is -3.49. The predicted octanol–water partition coefficient (Wildman–Crippen LogP) is 3.98. The van der Waals surface area contributed by atoms with Crippen LogP contribution in [0.3, 0.4) is 0 Å². The molecule has 7 nitrogen and oxygen atoms in total. The van der Waals surface area contributed by atoms with E-state index in [0.717, 1.165) is 23.4 Å². The number of carbonyl (C=O) groups excluding carboxylic acids is 1. The summed E-state index contributed by atoms with van der Waals surface area (Å²) < 4.78 is 37.8. The first-order valence-electron chi connectivity index (χ1n) is 11.5. The summed E-state index contributed by atoms with van der Waals surface area (Å²) in [4.78, 5) is 12.6. The lowest BCUT2D eigenvalue weighted by atomic mass is 10.0. The number of rotatable bonds is 14. The Bertz CT molecular complexity index is 1030. The fourth-order valence-corrected chi connectivity index (χ4v) is 4.47. The number of para-hydroxylation sites is 1. The number of amides is 1. The summed E-state index contributed by atoms with van der Waals surface area (Å²) in [6, 6.07) is 12.6. The molecule has 0 radical (unpaired) electrons. The van der Waals surface area contributed by atoms with Crippen molar-refractivity contribution in [2.45, 2.75) is 46.1 Å². The number of ether oxygens (including phenoxy) is 2. The number of hydrogen-bond donors (Lipinski definition) is 2. The third kappa shape index (κ3) is 8.81. The van der Waals surface area contributed by atoms with E-state index in [4.69, 9.17) is 21.1 Å². The van der Waals surface area contributed by atoms with Crippen molar-refractivity contribution < 1.29 is 22.7 Å². The van der Waals surface area contributed by atoms with E-state index in [9.17, 15) is 13.2 Å². The first-order chi connectivity index (χ1) is 16.2. The SMILES string of the molecule is CCS(=O)(=O)NC(C(=O)NCCc1cccc(OCCCc2ccc(Cl)cc2)c1OC)C(C)C. The fraction of sp³-hybridized carbons (Fsp3) is 0.480. The zero-order valence-corrected chi connectivity index (χ0v) is 21.8. The Labute approximate surface area is 208 Å². The van der Waals surface area contributed by atoms with Crippen LogP contribution in [-0.2, 0) is 27.7 Å². The van der Waals surface area contributed by atoms with Gasteiger partial charge in [-0.2, -0.15) is 0 Å². The van der Waals surface area contributed by atoms with Crippen molar-refractivity contribution >= 4 is 27.5 Å². The monoisotopic (exact) mass is 510 g/mol. The molecular weight excluding hydrogens is 476 g/mol. The van der Waals surface area contributed by atoms with Crippen molar-refractivity contribution in [1.82, 2.24) is 10.0 Å². The Morgan fingerprint density at radius 3 is 2.41 bits per heavy atom. The summed E-state index contributed by atoms with van der Waals surface area (Å²) in [5.74, 6) is 0.683. The molecule has 1 unspecified atom stereocenters. The minimum absolute atomic E-state index is 0.0762. The molecular formula is C25H35ClN2O5S. The van der Waals surface area contributed by atoms with Gasteiger partial charge in [-0.05, 0) is 61.4 Å². The molecule has 2 aromatic carbocycles. The highest BCUT2D eigenvalue weighted by Gasteiger charge is 2.26. The molecule has 9 heteroatoms. The summed E-state index contributed by atoms with van der Waals surface area (Å²) in [5, 5.41) is 3.55. The molecule has 2 rings (SSSR count). The van der Waals surface area contributed by atoms with E-state index in [-0.39, 0.29) is 17.6 Å². The molecule has 188 valence electrons. The zero-order chi connectivity index (χ0) is 25.1. The highest BCUT2D eigenvalue weighted by Crippen LogP contribution is 2.31. The molecule has 0 aromatic heterocycles. The van der Waals surface area contributed by atoms with E-state index in [1.165, 1.54) is 12.5 Å². The molecule has 0 bridgehead atoms. The average Bonchev–Trinajstić information content (AvgIpc) is 2.81.